The average molecular weight is 532 g/mol. The van der Waals surface area contributed by atoms with E-state index < -0.39 is 35.1 Å². The summed E-state index contributed by atoms with van der Waals surface area (Å²) in [6.07, 6.45) is -8.12. The van der Waals surface area contributed by atoms with Crippen molar-refractivity contribution in [2.24, 2.45) is 0 Å². The number of benzene rings is 3. The van der Waals surface area contributed by atoms with Gasteiger partial charge in [0.2, 0.25) is 4.87 Å². The zero-order chi connectivity index (χ0) is 27.1. The van der Waals surface area contributed by atoms with Gasteiger partial charge < -0.3 is 9.47 Å². The first-order valence-electron chi connectivity index (χ1n) is 11.6. The molecule has 0 saturated carbocycles. The van der Waals surface area contributed by atoms with Crippen LogP contribution in [0.1, 0.15) is 36.5 Å². The second-order valence-electron chi connectivity index (χ2n) is 8.55. The van der Waals surface area contributed by atoms with E-state index in [1.54, 1.807) is 86.6 Å². The lowest BCUT2D eigenvalue weighted by molar-refractivity contribution is -0.197. The molecule has 3 atom stereocenters. The molecule has 0 bridgehead atoms. The summed E-state index contributed by atoms with van der Waals surface area (Å²) in [7, 11) is 0. The van der Waals surface area contributed by atoms with Crippen molar-refractivity contribution in [1.82, 2.24) is 5.32 Å². The van der Waals surface area contributed by atoms with Gasteiger partial charge in [0.05, 0.1) is 5.92 Å². The first-order valence-corrected chi connectivity index (χ1v) is 12.4. The Morgan fingerprint density at radius 3 is 2.03 bits per heavy atom. The van der Waals surface area contributed by atoms with Crippen molar-refractivity contribution in [2.75, 3.05) is 0 Å². The number of carbonyl (C=O) groups excluding carboxylic acids is 2. The van der Waals surface area contributed by atoms with Crippen LogP contribution in [0.25, 0.3) is 0 Å². The van der Waals surface area contributed by atoms with Crippen LogP contribution < -0.4 is 5.32 Å². The molecule has 1 amide bonds. The highest BCUT2D eigenvalue weighted by Gasteiger charge is 2.62. The molecule has 0 saturated heterocycles. The number of carbonyl (C=O) groups is 2. The molecular formula is C28H28F3NO4S. The number of alkyl carbamates (subject to hydrolysis) is 1. The van der Waals surface area contributed by atoms with Gasteiger partial charge in [-0.15, -0.1) is 0 Å². The summed E-state index contributed by atoms with van der Waals surface area (Å²) in [5.41, 5.74) is 2.06. The molecule has 0 fully saturated rings. The Balaban J connectivity index is 1.89. The number of nitrogens with one attached hydrogen (secondary N) is 1. The topological polar surface area (TPSA) is 64.6 Å². The predicted molar refractivity (Wildman–Crippen MR) is 136 cm³/mol. The number of ether oxygens (including phenoxy) is 2. The van der Waals surface area contributed by atoms with Gasteiger partial charge in [-0.25, -0.2) is 4.79 Å². The number of hydrogen-bond acceptors (Lipinski definition) is 5. The second-order valence-corrected chi connectivity index (χ2v) is 9.87. The van der Waals surface area contributed by atoms with Crippen molar-refractivity contribution >= 4 is 23.8 Å². The van der Waals surface area contributed by atoms with Gasteiger partial charge in [-0.05, 0) is 44.0 Å². The monoisotopic (exact) mass is 531 g/mol. The quantitative estimate of drug-likeness (QED) is 0.183. The SMILES string of the molecule is Cc1ccc(S[C@](NC(=O)OCc2ccccc2)([C@H](C)OC(=O)[C@@H](C)c2ccccc2)C(F)(F)F)cc1. The largest absolute Gasteiger partial charge is 0.458 e. The summed E-state index contributed by atoms with van der Waals surface area (Å²) in [5.74, 6) is -1.67. The van der Waals surface area contributed by atoms with E-state index in [0.29, 0.717) is 22.9 Å². The molecule has 0 unspecified atom stereocenters. The van der Waals surface area contributed by atoms with Crippen molar-refractivity contribution in [3.63, 3.8) is 0 Å². The zero-order valence-corrected chi connectivity index (χ0v) is 21.4. The highest BCUT2D eigenvalue weighted by Crippen LogP contribution is 2.47. The van der Waals surface area contributed by atoms with Crippen LogP contribution in [0, 0.1) is 6.92 Å². The molecule has 0 radical (unpaired) electrons. The van der Waals surface area contributed by atoms with Gasteiger partial charge in [-0.1, -0.05) is 90.1 Å². The average Bonchev–Trinajstić information content (AvgIpc) is 2.88. The van der Waals surface area contributed by atoms with Gasteiger partial charge in [0, 0.05) is 4.90 Å². The Morgan fingerprint density at radius 2 is 1.46 bits per heavy atom. The van der Waals surface area contributed by atoms with Crippen LogP contribution in [0.4, 0.5) is 18.0 Å². The standard InChI is InChI=1S/C28H28F3NO4S/c1-19-14-16-24(17-15-19)37-27(28(29,30)31,32-26(34)35-18-22-10-6-4-7-11-22)21(3)36-25(33)20(2)23-12-8-5-9-13-23/h4-17,20-21H,18H2,1-3H3,(H,32,34)/t20-,21-,27+/m0/s1. The fourth-order valence-electron chi connectivity index (χ4n) is 3.51. The Morgan fingerprint density at radius 1 is 0.892 bits per heavy atom. The molecule has 196 valence electrons. The van der Waals surface area contributed by atoms with E-state index in [2.05, 4.69) is 0 Å². The summed E-state index contributed by atoms with van der Waals surface area (Å²) in [4.78, 5) is 22.8. The maximum absolute atomic E-state index is 14.8. The van der Waals surface area contributed by atoms with Gasteiger partial charge >= 0.3 is 18.2 Å². The van der Waals surface area contributed by atoms with E-state index >= 15 is 0 Å². The molecule has 0 heterocycles. The molecule has 3 aromatic rings. The number of esters is 1. The predicted octanol–water partition coefficient (Wildman–Crippen LogP) is 7.01. The molecule has 0 aliphatic rings. The van der Waals surface area contributed by atoms with Crippen LogP contribution in [0.2, 0.25) is 0 Å². The van der Waals surface area contributed by atoms with Crippen LogP contribution in [0.3, 0.4) is 0 Å². The third-order valence-corrected chi connectivity index (χ3v) is 7.24. The number of amides is 1. The Labute approximate surface area is 218 Å². The molecule has 0 spiro atoms. The smallest absolute Gasteiger partial charge is 0.425 e. The minimum Gasteiger partial charge on any atom is -0.458 e. The highest BCUT2D eigenvalue weighted by atomic mass is 32.2. The van der Waals surface area contributed by atoms with Gasteiger partial charge in [-0.3, -0.25) is 10.1 Å². The van der Waals surface area contributed by atoms with E-state index in [1.165, 1.54) is 12.1 Å². The molecule has 0 aliphatic heterocycles. The molecular weight excluding hydrogens is 503 g/mol. The van der Waals surface area contributed by atoms with E-state index in [4.69, 9.17) is 9.47 Å². The van der Waals surface area contributed by atoms with Crippen molar-refractivity contribution in [3.8, 4) is 0 Å². The lowest BCUT2D eigenvalue weighted by Gasteiger charge is -2.39. The first kappa shape index (κ1) is 28.1. The Bertz CT molecular complexity index is 1170. The maximum Gasteiger partial charge on any atom is 0.425 e. The number of thioether (sulfide) groups is 1. The molecule has 1 N–H and O–H groups in total. The Kier molecular flexibility index (Phi) is 9.26. The maximum atomic E-state index is 14.8. The third kappa shape index (κ3) is 7.29. The minimum absolute atomic E-state index is 0.227. The minimum atomic E-state index is -5.02. The van der Waals surface area contributed by atoms with Crippen LogP contribution in [0.15, 0.2) is 89.8 Å². The summed E-state index contributed by atoms with van der Waals surface area (Å²) >= 11 is 0.345. The number of rotatable bonds is 9. The second kappa shape index (κ2) is 12.2. The molecule has 3 aromatic carbocycles. The van der Waals surface area contributed by atoms with Crippen LogP contribution in [-0.2, 0) is 20.9 Å². The molecule has 0 aliphatic carbocycles. The van der Waals surface area contributed by atoms with Crippen LogP contribution in [0.5, 0.6) is 0 Å². The Hall–Kier alpha value is -3.46. The van der Waals surface area contributed by atoms with Crippen molar-refractivity contribution < 1.29 is 32.2 Å². The molecule has 37 heavy (non-hydrogen) atoms. The van der Waals surface area contributed by atoms with E-state index in [0.717, 1.165) is 12.5 Å². The fourth-order valence-corrected chi connectivity index (χ4v) is 4.62. The fraction of sp³-hybridized carbons (Fsp3) is 0.286. The summed E-state index contributed by atoms with van der Waals surface area (Å²) in [5, 5.41) is 1.99. The van der Waals surface area contributed by atoms with Crippen molar-refractivity contribution in [1.29, 1.82) is 0 Å². The number of halogens is 3. The zero-order valence-electron chi connectivity index (χ0n) is 20.6. The van der Waals surface area contributed by atoms with Crippen LogP contribution in [-0.4, -0.2) is 29.2 Å². The van der Waals surface area contributed by atoms with Gasteiger partial charge in [0.15, 0.2) is 0 Å². The summed E-state index contributed by atoms with van der Waals surface area (Å²) in [6, 6.07) is 23.5. The van der Waals surface area contributed by atoms with E-state index in [-0.39, 0.29) is 11.5 Å². The van der Waals surface area contributed by atoms with E-state index in [9.17, 15) is 22.8 Å². The molecule has 5 nitrogen and oxygen atoms in total. The van der Waals surface area contributed by atoms with Crippen molar-refractivity contribution in [2.45, 2.75) is 55.3 Å². The third-order valence-electron chi connectivity index (χ3n) is 5.74. The van der Waals surface area contributed by atoms with E-state index in [1.807, 2.05) is 5.32 Å². The summed E-state index contributed by atoms with van der Waals surface area (Å²) < 4.78 is 54.9. The first-order chi connectivity index (χ1) is 17.5. The highest BCUT2D eigenvalue weighted by molar-refractivity contribution is 8.00. The lowest BCUT2D eigenvalue weighted by Crippen LogP contribution is -2.63. The molecule has 0 aromatic heterocycles. The number of aryl methyl sites for hydroxylation is 1. The van der Waals surface area contributed by atoms with Gasteiger partial charge in [0.1, 0.15) is 12.7 Å². The number of hydrogen-bond donors (Lipinski definition) is 1. The van der Waals surface area contributed by atoms with Gasteiger partial charge in [-0.2, -0.15) is 13.2 Å². The molecule has 3 rings (SSSR count). The summed E-state index contributed by atoms with van der Waals surface area (Å²) in [6.45, 7) is 4.24. The number of alkyl halides is 3. The van der Waals surface area contributed by atoms with Crippen LogP contribution >= 0.6 is 11.8 Å². The lowest BCUT2D eigenvalue weighted by atomic mass is 10.0. The molecule has 9 heteroatoms. The van der Waals surface area contributed by atoms with Crippen molar-refractivity contribution in [3.05, 3.63) is 102 Å². The van der Waals surface area contributed by atoms with Gasteiger partial charge in [0.25, 0.3) is 0 Å². The normalized spacial score (nSPS) is 14.6.